The summed E-state index contributed by atoms with van der Waals surface area (Å²) in [6.07, 6.45) is 4.80. The molecule has 1 aliphatic rings. The fraction of sp³-hybridized carbons (Fsp3) is 0.875. The van der Waals surface area contributed by atoms with Crippen LogP contribution in [-0.4, -0.2) is 33.5 Å². The fourth-order valence-corrected chi connectivity index (χ4v) is 1.19. The van der Waals surface area contributed by atoms with Gasteiger partial charge in [-0.25, -0.2) is 0 Å². The van der Waals surface area contributed by atoms with Gasteiger partial charge in [0.2, 0.25) is 0 Å². The number of aliphatic carboxylic acids is 1. The molecule has 0 amide bonds. The Balaban J connectivity index is -0.000000189. The standard InChI is InChI=1S/C6H14N2.C2H4O2.HNO3.Pt/c7-5-3-1-2-4-6(5)8;1-2(3)4;2-1(3)4;/h5-6H,1-4,7-8H2;1H3,(H,3,4);(H,2,3,4);/t5-,6-;;;/m1.../s1. The molecule has 0 aliphatic heterocycles. The van der Waals surface area contributed by atoms with E-state index in [4.69, 9.17) is 36.7 Å². The molecule has 0 heterocycles. The molecule has 1 saturated carbocycles. The summed E-state index contributed by atoms with van der Waals surface area (Å²) >= 11 is 0. The summed E-state index contributed by atoms with van der Waals surface area (Å²) in [5.74, 6) is -0.833. The third-order valence-corrected chi connectivity index (χ3v) is 1.87. The van der Waals surface area contributed by atoms with Crippen molar-refractivity contribution in [2.45, 2.75) is 44.7 Å². The van der Waals surface area contributed by atoms with Crippen LogP contribution in [0.15, 0.2) is 0 Å². The fourth-order valence-electron chi connectivity index (χ4n) is 1.19. The Hall–Kier alpha value is -0.722. The minimum absolute atomic E-state index is 0. The van der Waals surface area contributed by atoms with E-state index in [1.807, 2.05) is 0 Å². The predicted octanol–water partition coefficient (Wildman–Crippen LogP) is -0.0443. The molecule has 0 radical (unpaired) electrons. The molecule has 8 nitrogen and oxygen atoms in total. The first-order valence-electron chi connectivity index (χ1n) is 4.81. The van der Waals surface area contributed by atoms with Gasteiger partial charge in [-0.15, -0.1) is 10.1 Å². The molecule has 6 N–H and O–H groups in total. The SMILES string of the molecule is CC(=O)O.N[C@@H]1CCCC[C@H]1N.O=[N+]([O-])O.[Pt]. The Labute approximate surface area is 114 Å². The summed E-state index contributed by atoms with van der Waals surface area (Å²) in [6.45, 7) is 1.08. The van der Waals surface area contributed by atoms with E-state index in [-0.39, 0.29) is 33.1 Å². The second-order valence-electron chi connectivity index (χ2n) is 3.37. The molecule has 1 fully saturated rings. The summed E-state index contributed by atoms with van der Waals surface area (Å²) in [5, 5.41) is 21.1. The maximum Gasteiger partial charge on any atom is 0.300 e. The van der Waals surface area contributed by atoms with Gasteiger partial charge >= 0.3 is 0 Å². The van der Waals surface area contributed by atoms with Crippen LogP contribution >= 0.6 is 0 Å². The zero-order valence-electron chi connectivity index (χ0n) is 9.52. The maximum atomic E-state index is 9.00. The molecule has 0 spiro atoms. The third-order valence-electron chi connectivity index (χ3n) is 1.87. The Morgan fingerprint density at radius 1 is 1.29 bits per heavy atom. The second-order valence-corrected chi connectivity index (χ2v) is 3.37. The molecule has 106 valence electrons. The molecule has 17 heavy (non-hydrogen) atoms. The van der Waals surface area contributed by atoms with E-state index in [0.29, 0.717) is 0 Å². The van der Waals surface area contributed by atoms with Crippen LogP contribution in [0, 0.1) is 10.1 Å². The molecule has 0 bridgehead atoms. The van der Waals surface area contributed by atoms with Crippen LogP contribution in [0.4, 0.5) is 0 Å². The first-order chi connectivity index (χ1) is 7.27. The van der Waals surface area contributed by atoms with Gasteiger partial charge in [-0.1, -0.05) is 12.8 Å². The van der Waals surface area contributed by atoms with Crippen LogP contribution < -0.4 is 11.5 Å². The van der Waals surface area contributed by atoms with Crippen LogP contribution in [0.3, 0.4) is 0 Å². The molecule has 9 heteroatoms. The first kappa shape index (κ1) is 21.6. The first-order valence-corrected chi connectivity index (χ1v) is 4.81. The van der Waals surface area contributed by atoms with Gasteiger partial charge in [-0.3, -0.25) is 4.79 Å². The van der Waals surface area contributed by atoms with Crippen LogP contribution in [0.5, 0.6) is 0 Å². The molecule has 2 atom stereocenters. The van der Waals surface area contributed by atoms with Crippen molar-refractivity contribution >= 4 is 5.97 Å². The third kappa shape index (κ3) is 25.5. The van der Waals surface area contributed by atoms with Crippen LogP contribution in [0.25, 0.3) is 0 Å². The van der Waals surface area contributed by atoms with E-state index >= 15 is 0 Å². The van der Waals surface area contributed by atoms with E-state index in [2.05, 4.69) is 0 Å². The number of hydrogen-bond acceptors (Lipinski definition) is 5. The number of carboxylic acids is 1. The van der Waals surface area contributed by atoms with Crippen LogP contribution in [0.1, 0.15) is 32.6 Å². The number of carboxylic acid groups (broad SMARTS) is 1. The van der Waals surface area contributed by atoms with Crippen molar-refractivity contribution in [2.24, 2.45) is 11.5 Å². The topological polar surface area (TPSA) is 153 Å². The van der Waals surface area contributed by atoms with Gasteiger partial charge in [0.15, 0.2) is 0 Å². The normalized spacial score (nSPS) is 21.6. The van der Waals surface area contributed by atoms with Gasteiger partial charge in [0.25, 0.3) is 11.1 Å². The Morgan fingerprint density at radius 2 is 1.47 bits per heavy atom. The monoisotopic (exact) mass is 432 g/mol. The van der Waals surface area contributed by atoms with Gasteiger partial charge in [0.05, 0.1) is 0 Å². The van der Waals surface area contributed by atoms with Crippen molar-refractivity contribution in [1.29, 1.82) is 0 Å². The number of rotatable bonds is 0. The van der Waals surface area contributed by atoms with Crippen molar-refractivity contribution in [3.63, 3.8) is 0 Å². The average molecular weight is 432 g/mol. The molecule has 0 aromatic rings. The Morgan fingerprint density at radius 3 is 1.59 bits per heavy atom. The molecular weight excluding hydrogens is 413 g/mol. The predicted molar refractivity (Wildman–Crippen MR) is 56.5 cm³/mol. The van der Waals surface area contributed by atoms with Gasteiger partial charge in [0, 0.05) is 40.1 Å². The minimum Gasteiger partial charge on any atom is -0.481 e. The van der Waals surface area contributed by atoms with Crippen molar-refractivity contribution in [3.05, 3.63) is 10.1 Å². The summed E-state index contributed by atoms with van der Waals surface area (Å²) in [5.41, 5.74) is 11.3. The summed E-state index contributed by atoms with van der Waals surface area (Å²) < 4.78 is 0. The number of nitrogens with zero attached hydrogens (tertiary/aromatic N) is 1. The van der Waals surface area contributed by atoms with Crippen molar-refractivity contribution in [1.82, 2.24) is 0 Å². The van der Waals surface area contributed by atoms with E-state index in [1.54, 1.807) is 0 Å². The smallest absolute Gasteiger partial charge is 0.300 e. The van der Waals surface area contributed by atoms with Gasteiger partial charge in [-0.05, 0) is 12.8 Å². The molecule has 0 aromatic carbocycles. The maximum absolute atomic E-state index is 9.00. The molecule has 0 aromatic heterocycles. The van der Waals surface area contributed by atoms with Gasteiger partial charge < -0.3 is 21.8 Å². The number of nitrogens with two attached hydrogens (primary N) is 2. The van der Waals surface area contributed by atoms with Crippen molar-refractivity contribution in [3.8, 4) is 0 Å². The second kappa shape index (κ2) is 13.3. The Bertz CT molecular complexity index is 187. The number of hydrogen-bond donors (Lipinski definition) is 4. The van der Waals surface area contributed by atoms with E-state index in [9.17, 15) is 0 Å². The molecule has 1 aliphatic carbocycles. The zero-order valence-corrected chi connectivity index (χ0v) is 11.8. The molecule has 0 saturated heterocycles. The quantitative estimate of drug-likeness (QED) is 0.309. The van der Waals surface area contributed by atoms with E-state index < -0.39 is 11.1 Å². The van der Waals surface area contributed by atoms with Crippen molar-refractivity contribution < 1.29 is 41.3 Å². The van der Waals surface area contributed by atoms with Crippen LogP contribution in [0.2, 0.25) is 0 Å². The molecule has 1 rings (SSSR count). The van der Waals surface area contributed by atoms with Crippen molar-refractivity contribution in [2.75, 3.05) is 0 Å². The summed E-state index contributed by atoms with van der Waals surface area (Å²) in [4.78, 5) is 17.4. The largest absolute Gasteiger partial charge is 0.481 e. The number of carbonyl (C=O) groups is 1. The molecule has 0 unspecified atom stereocenters. The van der Waals surface area contributed by atoms with Gasteiger partial charge in [0.1, 0.15) is 0 Å². The minimum atomic E-state index is -1.50. The van der Waals surface area contributed by atoms with E-state index in [1.165, 1.54) is 12.8 Å². The average Bonchev–Trinajstić information content (AvgIpc) is 2.08. The zero-order chi connectivity index (χ0) is 13.1. The van der Waals surface area contributed by atoms with Crippen LogP contribution in [-0.2, 0) is 25.9 Å². The Kier molecular flexibility index (Phi) is 16.9. The van der Waals surface area contributed by atoms with E-state index in [0.717, 1.165) is 19.8 Å². The summed E-state index contributed by atoms with van der Waals surface area (Å²) in [6, 6.07) is 0.562. The molecular formula is C8H19N3O5Pt. The van der Waals surface area contributed by atoms with Gasteiger partial charge in [-0.2, -0.15) is 0 Å². The summed E-state index contributed by atoms with van der Waals surface area (Å²) in [7, 11) is 0.